The summed E-state index contributed by atoms with van der Waals surface area (Å²) in [5, 5.41) is 3.62. The van der Waals surface area contributed by atoms with Gasteiger partial charge in [-0.25, -0.2) is 0 Å². The van der Waals surface area contributed by atoms with Crippen LogP contribution in [-0.4, -0.2) is 19.1 Å². The Balaban J connectivity index is 1.73. The van der Waals surface area contributed by atoms with Crippen molar-refractivity contribution < 1.29 is 0 Å². The fraction of sp³-hybridized carbons (Fsp3) is 1.00. The molecule has 1 aliphatic carbocycles. The van der Waals surface area contributed by atoms with Gasteiger partial charge in [-0.3, -0.25) is 0 Å². The summed E-state index contributed by atoms with van der Waals surface area (Å²) in [6.45, 7) is 4.38. The van der Waals surface area contributed by atoms with Crippen molar-refractivity contribution in [2.75, 3.05) is 13.1 Å². The minimum absolute atomic E-state index is 0.860. The van der Waals surface area contributed by atoms with Gasteiger partial charge >= 0.3 is 0 Å². The quantitative estimate of drug-likeness (QED) is 0.558. The number of hydrogen-bond donors (Lipinski definition) is 2. The third-order valence-corrected chi connectivity index (χ3v) is 3.23. The molecule has 0 bridgehead atoms. The normalized spacial score (nSPS) is 25.3. The van der Waals surface area contributed by atoms with Crippen LogP contribution < -0.4 is 11.1 Å². The second-order valence-electron chi connectivity index (χ2n) is 4.52. The van der Waals surface area contributed by atoms with E-state index in [0.717, 1.165) is 18.5 Å². The topological polar surface area (TPSA) is 38.0 Å². The predicted octanol–water partition coefficient (Wildman–Crippen LogP) is 2.28. The van der Waals surface area contributed by atoms with Crippen LogP contribution in [0.3, 0.4) is 0 Å². The SMILES string of the molecule is CCC1CC1NCCCCCCCN. The van der Waals surface area contributed by atoms with Gasteiger partial charge in [-0.05, 0) is 38.3 Å². The van der Waals surface area contributed by atoms with Crippen LogP contribution in [0, 0.1) is 5.92 Å². The van der Waals surface area contributed by atoms with E-state index in [2.05, 4.69) is 12.2 Å². The molecule has 14 heavy (non-hydrogen) atoms. The first-order valence-electron chi connectivity index (χ1n) is 6.32. The Labute approximate surface area is 88.6 Å². The first-order chi connectivity index (χ1) is 6.88. The standard InChI is InChI=1S/C12H26N2/c1-2-11-10-12(11)14-9-7-5-3-4-6-8-13/h11-12,14H,2-10,13H2,1H3. The lowest BCUT2D eigenvalue weighted by Crippen LogP contribution is -2.19. The Bertz CT molecular complexity index is 136. The Morgan fingerprint density at radius 3 is 2.50 bits per heavy atom. The molecule has 1 saturated carbocycles. The van der Waals surface area contributed by atoms with Crippen LogP contribution in [-0.2, 0) is 0 Å². The molecule has 0 aromatic heterocycles. The van der Waals surface area contributed by atoms with Crippen LogP contribution in [0.1, 0.15) is 51.9 Å². The van der Waals surface area contributed by atoms with Crippen LogP contribution in [0.25, 0.3) is 0 Å². The Kier molecular flexibility index (Phi) is 6.20. The molecule has 0 amide bonds. The molecule has 1 aliphatic rings. The molecular weight excluding hydrogens is 172 g/mol. The van der Waals surface area contributed by atoms with E-state index in [4.69, 9.17) is 5.73 Å². The van der Waals surface area contributed by atoms with Crippen LogP contribution in [0.5, 0.6) is 0 Å². The third-order valence-electron chi connectivity index (χ3n) is 3.23. The summed E-state index contributed by atoms with van der Waals surface area (Å²) in [6.07, 6.45) is 9.37. The van der Waals surface area contributed by atoms with Gasteiger partial charge in [0.25, 0.3) is 0 Å². The van der Waals surface area contributed by atoms with Gasteiger partial charge < -0.3 is 11.1 Å². The predicted molar refractivity (Wildman–Crippen MR) is 62.3 cm³/mol. The van der Waals surface area contributed by atoms with Gasteiger partial charge in [-0.15, -0.1) is 0 Å². The lowest BCUT2D eigenvalue weighted by atomic mass is 10.1. The lowest BCUT2D eigenvalue weighted by Gasteiger charge is -2.03. The van der Waals surface area contributed by atoms with Crippen LogP contribution >= 0.6 is 0 Å². The number of nitrogens with two attached hydrogens (primary N) is 1. The molecule has 2 unspecified atom stereocenters. The van der Waals surface area contributed by atoms with Crippen molar-refractivity contribution >= 4 is 0 Å². The van der Waals surface area contributed by atoms with E-state index in [1.165, 1.54) is 51.5 Å². The maximum atomic E-state index is 5.44. The summed E-state index contributed by atoms with van der Waals surface area (Å²) in [6, 6.07) is 0.865. The van der Waals surface area contributed by atoms with E-state index in [9.17, 15) is 0 Å². The summed E-state index contributed by atoms with van der Waals surface area (Å²) >= 11 is 0. The zero-order chi connectivity index (χ0) is 10.2. The highest BCUT2D eigenvalue weighted by atomic mass is 15.0. The number of nitrogens with one attached hydrogen (secondary N) is 1. The van der Waals surface area contributed by atoms with Gasteiger partial charge in [-0.2, -0.15) is 0 Å². The van der Waals surface area contributed by atoms with Crippen LogP contribution in [0.2, 0.25) is 0 Å². The molecular formula is C12H26N2. The van der Waals surface area contributed by atoms with Gasteiger partial charge in [0.1, 0.15) is 0 Å². The maximum Gasteiger partial charge on any atom is 0.00990 e. The zero-order valence-corrected chi connectivity index (χ0v) is 9.60. The molecule has 0 saturated heterocycles. The van der Waals surface area contributed by atoms with E-state index in [0.29, 0.717) is 0 Å². The Hall–Kier alpha value is -0.0800. The molecule has 0 aromatic carbocycles. The average molecular weight is 198 g/mol. The van der Waals surface area contributed by atoms with Crippen LogP contribution in [0.4, 0.5) is 0 Å². The summed E-state index contributed by atoms with van der Waals surface area (Å²) in [5.74, 6) is 0.993. The minimum atomic E-state index is 0.860. The van der Waals surface area contributed by atoms with E-state index in [-0.39, 0.29) is 0 Å². The molecule has 2 atom stereocenters. The van der Waals surface area contributed by atoms with Gasteiger partial charge in [0, 0.05) is 6.04 Å². The molecule has 0 radical (unpaired) electrons. The molecule has 0 aliphatic heterocycles. The second kappa shape index (κ2) is 7.24. The van der Waals surface area contributed by atoms with E-state index < -0.39 is 0 Å². The van der Waals surface area contributed by atoms with Crippen molar-refractivity contribution in [3.63, 3.8) is 0 Å². The number of hydrogen-bond acceptors (Lipinski definition) is 2. The molecule has 1 rings (SSSR count). The summed E-state index contributed by atoms with van der Waals surface area (Å²) in [5.41, 5.74) is 5.44. The van der Waals surface area contributed by atoms with Gasteiger partial charge in [0.2, 0.25) is 0 Å². The Morgan fingerprint density at radius 1 is 1.14 bits per heavy atom. The van der Waals surface area contributed by atoms with E-state index in [1.807, 2.05) is 0 Å². The highest BCUT2D eigenvalue weighted by Gasteiger charge is 2.34. The molecule has 84 valence electrons. The first kappa shape index (κ1) is 12.0. The molecule has 0 heterocycles. The third kappa shape index (κ3) is 4.97. The fourth-order valence-corrected chi connectivity index (χ4v) is 2.04. The van der Waals surface area contributed by atoms with Crippen molar-refractivity contribution in [2.24, 2.45) is 11.7 Å². The largest absolute Gasteiger partial charge is 0.330 e. The zero-order valence-electron chi connectivity index (χ0n) is 9.60. The smallest absolute Gasteiger partial charge is 0.00990 e. The maximum absolute atomic E-state index is 5.44. The molecule has 3 N–H and O–H groups in total. The van der Waals surface area contributed by atoms with E-state index in [1.54, 1.807) is 0 Å². The highest BCUT2D eigenvalue weighted by Crippen LogP contribution is 2.32. The molecule has 0 aromatic rings. The summed E-state index contributed by atoms with van der Waals surface area (Å²) in [4.78, 5) is 0. The monoisotopic (exact) mass is 198 g/mol. The summed E-state index contributed by atoms with van der Waals surface area (Å²) in [7, 11) is 0. The van der Waals surface area contributed by atoms with Crippen molar-refractivity contribution in [3.05, 3.63) is 0 Å². The van der Waals surface area contributed by atoms with Crippen LogP contribution in [0.15, 0.2) is 0 Å². The van der Waals surface area contributed by atoms with E-state index >= 15 is 0 Å². The summed E-state index contributed by atoms with van der Waals surface area (Å²) < 4.78 is 0. The molecule has 1 fully saturated rings. The van der Waals surface area contributed by atoms with Gasteiger partial charge in [0.15, 0.2) is 0 Å². The molecule has 2 heteroatoms. The molecule has 2 nitrogen and oxygen atoms in total. The van der Waals surface area contributed by atoms with Gasteiger partial charge in [0.05, 0.1) is 0 Å². The second-order valence-corrected chi connectivity index (χ2v) is 4.52. The minimum Gasteiger partial charge on any atom is -0.330 e. The Morgan fingerprint density at radius 2 is 1.86 bits per heavy atom. The number of unbranched alkanes of at least 4 members (excludes halogenated alkanes) is 4. The van der Waals surface area contributed by atoms with Crippen molar-refractivity contribution in [1.82, 2.24) is 5.32 Å². The number of rotatable bonds is 9. The fourth-order valence-electron chi connectivity index (χ4n) is 2.04. The van der Waals surface area contributed by atoms with Crippen molar-refractivity contribution in [3.8, 4) is 0 Å². The average Bonchev–Trinajstić information content (AvgIpc) is 2.95. The van der Waals surface area contributed by atoms with Crippen molar-refractivity contribution in [2.45, 2.75) is 57.9 Å². The first-order valence-corrected chi connectivity index (χ1v) is 6.32. The van der Waals surface area contributed by atoms with Crippen molar-refractivity contribution in [1.29, 1.82) is 0 Å². The highest BCUT2D eigenvalue weighted by molar-refractivity contribution is 4.91. The molecule has 0 spiro atoms. The lowest BCUT2D eigenvalue weighted by molar-refractivity contribution is 0.559. The van der Waals surface area contributed by atoms with Gasteiger partial charge in [-0.1, -0.05) is 32.6 Å².